The second-order valence-corrected chi connectivity index (χ2v) is 2.63. The van der Waals surface area contributed by atoms with Crippen molar-refractivity contribution in [2.24, 2.45) is 0 Å². The highest BCUT2D eigenvalue weighted by molar-refractivity contribution is 6.16. The van der Waals surface area contributed by atoms with Gasteiger partial charge in [0.05, 0.1) is 5.88 Å². The van der Waals surface area contributed by atoms with Crippen LogP contribution in [0.4, 0.5) is 0 Å². The van der Waals surface area contributed by atoms with Gasteiger partial charge >= 0.3 is 0 Å². The van der Waals surface area contributed by atoms with Crippen molar-refractivity contribution in [2.45, 2.75) is 19.4 Å². The molecule has 0 radical (unpaired) electrons. The molecule has 0 spiro atoms. The highest BCUT2D eigenvalue weighted by Crippen LogP contribution is 2.16. The molecule has 0 atom stereocenters. The van der Waals surface area contributed by atoms with Gasteiger partial charge in [-0.2, -0.15) is 0 Å². The Bertz CT molecular complexity index is 267. The third kappa shape index (κ3) is 2.01. The largest absolute Gasteiger partial charge is 0.461 e. The van der Waals surface area contributed by atoms with Gasteiger partial charge in [-0.1, -0.05) is 0 Å². The molecule has 66 valence electrons. The van der Waals surface area contributed by atoms with Crippen LogP contribution in [0.15, 0.2) is 10.5 Å². The summed E-state index contributed by atoms with van der Waals surface area (Å²) in [5, 5.41) is 0. The predicted octanol–water partition coefficient (Wildman–Crippen LogP) is 2.00. The standard InChI is InChI=1S/C8H9ClO3/c1-6-2-7(3-9)12-8(6)4-11-5-10/h2,5H,3-4H2,1H3. The van der Waals surface area contributed by atoms with Gasteiger partial charge in [-0.05, 0) is 18.6 Å². The van der Waals surface area contributed by atoms with Crippen LogP contribution in [0, 0.1) is 6.92 Å². The zero-order chi connectivity index (χ0) is 8.97. The quantitative estimate of drug-likeness (QED) is 0.536. The second-order valence-electron chi connectivity index (χ2n) is 2.36. The number of carbonyl (C=O) groups excluding carboxylic acids is 1. The number of aryl methyl sites for hydroxylation is 1. The number of furan rings is 1. The first-order valence-electron chi connectivity index (χ1n) is 3.47. The average Bonchev–Trinajstić information content (AvgIpc) is 2.43. The Balaban J connectivity index is 2.70. The maximum atomic E-state index is 9.88. The van der Waals surface area contributed by atoms with E-state index in [2.05, 4.69) is 4.74 Å². The van der Waals surface area contributed by atoms with Crippen LogP contribution in [-0.4, -0.2) is 6.47 Å². The first-order valence-corrected chi connectivity index (χ1v) is 4.00. The lowest BCUT2D eigenvalue weighted by atomic mass is 10.3. The molecule has 1 aromatic rings. The van der Waals surface area contributed by atoms with Crippen LogP contribution in [0.1, 0.15) is 17.1 Å². The molecule has 0 aliphatic carbocycles. The fourth-order valence-corrected chi connectivity index (χ4v) is 1.04. The Morgan fingerprint density at radius 1 is 1.75 bits per heavy atom. The Morgan fingerprint density at radius 2 is 2.50 bits per heavy atom. The molecular weight excluding hydrogens is 180 g/mol. The monoisotopic (exact) mass is 188 g/mol. The first kappa shape index (κ1) is 9.13. The number of alkyl halides is 1. The summed E-state index contributed by atoms with van der Waals surface area (Å²) in [4.78, 5) is 9.88. The minimum Gasteiger partial charge on any atom is -0.461 e. The van der Waals surface area contributed by atoms with E-state index < -0.39 is 0 Å². The lowest BCUT2D eigenvalue weighted by molar-refractivity contribution is -0.130. The summed E-state index contributed by atoms with van der Waals surface area (Å²) in [6.07, 6.45) is 0. The molecule has 0 aromatic carbocycles. The van der Waals surface area contributed by atoms with Gasteiger partial charge in [-0.3, -0.25) is 4.79 Å². The first-order chi connectivity index (χ1) is 5.77. The zero-order valence-electron chi connectivity index (χ0n) is 6.67. The van der Waals surface area contributed by atoms with E-state index in [1.807, 2.05) is 13.0 Å². The maximum absolute atomic E-state index is 9.88. The molecule has 0 aliphatic rings. The van der Waals surface area contributed by atoms with Crippen molar-refractivity contribution in [1.29, 1.82) is 0 Å². The van der Waals surface area contributed by atoms with E-state index in [4.69, 9.17) is 16.0 Å². The van der Waals surface area contributed by atoms with Crippen LogP contribution in [0.2, 0.25) is 0 Å². The minimum absolute atomic E-state index is 0.173. The van der Waals surface area contributed by atoms with Crippen molar-refractivity contribution in [2.75, 3.05) is 0 Å². The van der Waals surface area contributed by atoms with Crippen molar-refractivity contribution in [3.63, 3.8) is 0 Å². The van der Waals surface area contributed by atoms with Crippen molar-refractivity contribution in [3.8, 4) is 0 Å². The molecule has 0 N–H and O–H groups in total. The summed E-state index contributed by atoms with van der Waals surface area (Å²) >= 11 is 5.54. The fraction of sp³-hybridized carbons (Fsp3) is 0.375. The fourth-order valence-electron chi connectivity index (χ4n) is 0.909. The van der Waals surface area contributed by atoms with Gasteiger partial charge in [-0.15, -0.1) is 11.6 Å². The molecule has 1 heterocycles. The highest BCUT2D eigenvalue weighted by atomic mass is 35.5. The molecule has 0 fully saturated rings. The number of carbonyl (C=O) groups is 1. The van der Waals surface area contributed by atoms with Gasteiger partial charge in [-0.25, -0.2) is 0 Å². The Kier molecular flexibility index (Phi) is 3.17. The van der Waals surface area contributed by atoms with Crippen molar-refractivity contribution in [3.05, 3.63) is 23.2 Å². The van der Waals surface area contributed by atoms with E-state index in [9.17, 15) is 4.79 Å². The third-order valence-corrected chi connectivity index (χ3v) is 1.75. The minimum atomic E-state index is 0.173. The summed E-state index contributed by atoms with van der Waals surface area (Å²) in [7, 11) is 0. The van der Waals surface area contributed by atoms with E-state index in [0.717, 1.165) is 5.56 Å². The van der Waals surface area contributed by atoms with Crippen LogP contribution in [-0.2, 0) is 22.0 Å². The van der Waals surface area contributed by atoms with Crippen LogP contribution < -0.4 is 0 Å². The molecule has 0 saturated carbocycles. The number of hydrogen-bond donors (Lipinski definition) is 0. The topological polar surface area (TPSA) is 39.4 Å². The van der Waals surface area contributed by atoms with Gasteiger partial charge < -0.3 is 9.15 Å². The summed E-state index contributed by atoms with van der Waals surface area (Å²) in [5.41, 5.74) is 0.951. The van der Waals surface area contributed by atoms with Gasteiger partial charge in [0.1, 0.15) is 18.1 Å². The molecule has 1 aromatic heterocycles. The number of ether oxygens (including phenoxy) is 1. The lowest BCUT2D eigenvalue weighted by Gasteiger charge is -1.94. The van der Waals surface area contributed by atoms with Gasteiger partial charge in [0.2, 0.25) is 0 Å². The van der Waals surface area contributed by atoms with Crippen LogP contribution in [0.25, 0.3) is 0 Å². The normalized spacial score (nSPS) is 9.83. The zero-order valence-corrected chi connectivity index (χ0v) is 7.43. The molecule has 0 unspecified atom stereocenters. The van der Waals surface area contributed by atoms with E-state index in [1.54, 1.807) is 0 Å². The summed E-state index contributed by atoms with van der Waals surface area (Å²) in [6, 6.07) is 1.83. The van der Waals surface area contributed by atoms with E-state index in [-0.39, 0.29) is 6.61 Å². The average molecular weight is 189 g/mol. The van der Waals surface area contributed by atoms with Gasteiger partial charge in [0.15, 0.2) is 0 Å². The molecule has 0 bridgehead atoms. The Labute approximate surface area is 75.3 Å². The van der Waals surface area contributed by atoms with E-state index in [0.29, 0.717) is 23.9 Å². The van der Waals surface area contributed by atoms with E-state index in [1.165, 1.54) is 0 Å². The van der Waals surface area contributed by atoms with Crippen LogP contribution in [0.3, 0.4) is 0 Å². The van der Waals surface area contributed by atoms with Crippen molar-refractivity contribution >= 4 is 18.1 Å². The molecular formula is C8H9ClO3. The number of rotatable bonds is 4. The molecule has 0 aliphatic heterocycles. The Hall–Kier alpha value is -0.960. The number of hydrogen-bond acceptors (Lipinski definition) is 3. The third-order valence-electron chi connectivity index (χ3n) is 1.49. The highest BCUT2D eigenvalue weighted by Gasteiger charge is 2.06. The van der Waals surface area contributed by atoms with Crippen molar-refractivity contribution < 1.29 is 13.9 Å². The molecule has 12 heavy (non-hydrogen) atoms. The molecule has 1 rings (SSSR count). The molecule has 3 nitrogen and oxygen atoms in total. The second kappa shape index (κ2) is 4.16. The Morgan fingerprint density at radius 3 is 3.00 bits per heavy atom. The van der Waals surface area contributed by atoms with Crippen LogP contribution in [0.5, 0.6) is 0 Å². The molecule has 4 heteroatoms. The maximum Gasteiger partial charge on any atom is 0.293 e. The van der Waals surface area contributed by atoms with E-state index >= 15 is 0 Å². The predicted molar refractivity (Wildman–Crippen MR) is 43.9 cm³/mol. The van der Waals surface area contributed by atoms with Gasteiger partial charge in [0.25, 0.3) is 6.47 Å². The van der Waals surface area contributed by atoms with Gasteiger partial charge in [0, 0.05) is 0 Å². The summed E-state index contributed by atoms with van der Waals surface area (Å²) in [5.74, 6) is 1.68. The van der Waals surface area contributed by atoms with Crippen LogP contribution >= 0.6 is 11.6 Å². The lowest BCUT2D eigenvalue weighted by Crippen LogP contribution is -1.89. The SMILES string of the molecule is Cc1cc(CCl)oc1COC=O. The van der Waals surface area contributed by atoms with Crippen molar-refractivity contribution in [1.82, 2.24) is 0 Å². The summed E-state index contributed by atoms with van der Waals surface area (Å²) < 4.78 is 9.79. The molecule has 0 amide bonds. The summed E-state index contributed by atoms with van der Waals surface area (Å²) in [6.45, 7) is 2.44. The number of halogens is 1. The smallest absolute Gasteiger partial charge is 0.293 e. The molecule has 0 saturated heterocycles.